The minimum atomic E-state index is -0.0677. The summed E-state index contributed by atoms with van der Waals surface area (Å²) in [6.45, 7) is 4.74. The normalized spacial score (nSPS) is 14.7. The lowest BCUT2D eigenvalue weighted by Gasteiger charge is -2.29. The van der Waals surface area contributed by atoms with E-state index in [0.29, 0.717) is 0 Å². The zero-order chi connectivity index (χ0) is 28.7. The molecule has 0 fully saturated rings. The molecule has 43 heavy (non-hydrogen) atoms. The predicted molar refractivity (Wildman–Crippen MR) is 186 cm³/mol. The first-order valence-electron chi connectivity index (χ1n) is 15.2. The van der Waals surface area contributed by atoms with Gasteiger partial charge in [-0.15, -0.1) is 11.3 Å². The monoisotopic (exact) mass is 569 g/mol. The largest absolute Gasteiger partial charge is 0.310 e. The van der Waals surface area contributed by atoms with Crippen molar-refractivity contribution in [2.24, 2.45) is 0 Å². The molecule has 0 bridgehead atoms. The van der Waals surface area contributed by atoms with Gasteiger partial charge in [0.2, 0.25) is 0 Å². The van der Waals surface area contributed by atoms with E-state index >= 15 is 0 Å². The lowest BCUT2D eigenvalue weighted by Crippen LogP contribution is -2.16. The number of hydrogen-bond donors (Lipinski definition) is 0. The van der Waals surface area contributed by atoms with Crippen LogP contribution in [0.5, 0.6) is 0 Å². The highest BCUT2D eigenvalue weighted by Crippen LogP contribution is 2.51. The minimum Gasteiger partial charge on any atom is -0.310 e. The van der Waals surface area contributed by atoms with Gasteiger partial charge in [0.05, 0.1) is 5.69 Å². The number of hydrogen-bond acceptors (Lipinski definition) is 2. The molecule has 0 saturated carbocycles. The van der Waals surface area contributed by atoms with E-state index in [4.69, 9.17) is 0 Å². The van der Waals surface area contributed by atoms with Crippen LogP contribution in [0, 0.1) is 0 Å². The van der Waals surface area contributed by atoms with Crippen LogP contribution in [0.2, 0.25) is 0 Å². The summed E-state index contributed by atoms with van der Waals surface area (Å²) in [5.41, 5.74) is 10.5. The smallest absolute Gasteiger partial charge is 0.0546 e. The molecule has 1 nitrogen and oxygen atoms in total. The Morgan fingerprint density at radius 3 is 2.26 bits per heavy atom. The Morgan fingerprint density at radius 2 is 1.35 bits per heavy atom. The molecular weight excluding hydrogens is 539 g/mol. The van der Waals surface area contributed by atoms with E-state index in [9.17, 15) is 0 Å². The molecule has 0 radical (unpaired) electrons. The Bertz CT molecular complexity index is 2280. The van der Waals surface area contributed by atoms with Crippen LogP contribution < -0.4 is 4.90 Å². The summed E-state index contributed by atoms with van der Waals surface area (Å²) < 4.78 is 1.37. The third-order valence-electron chi connectivity index (χ3n) is 9.71. The fourth-order valence-corrected chi connectivity index (χ4v) is 8.75. The fourth-order valence-electron chi connectivity index (χ4n) is 7.58. The van der Waals surface area contributed by atoms with Crippen LogP contribution in [-0.4, -0.2) is 0 Å². The Hall–Kier alpha value is -4.66. The summed E-state index contributed by atoms with van der Waals surface area (Å²) in [7, 11) is 0. The summed E-state index contributed by atoms with van der Waals surface area (Å²) in [5.74, 6) is 0. The van der Waals surface area contributed by atoms with Gasteiger partial charge in [0.1, 0.15) is 0 Å². The molecule has 0 aliphatic heterocycles. The summed E-state index contributed by atoms with van der Waals surface area (Å²) in [6.07, 6.45) is 6.86. The molecule has 9 rings (SSSR count). The van der Waals surface area contributed by atoms with Crippen molar-refractivity contribution in [3.63, 3.8) is 0 Å². The topological polar surface area (TPSA) is 3.24 Å². The zero-order valence-corrected chi connectivity index (χ0v) is 25.2. The molecule has 206 valence electrons. The molecule has 2 aliphatic rings. The molecule has 1 heterocycles. The number of nitrogens with zero attached hydrogens (tertiary/aromatic N) is 1. The summed E-state index contributed by atoms with van der Waals surface area (Å²) in [4.78, 5) is 3.93. The van der Waals surface area contributed by atoms with Crippen molar-refractivity contribution in [3.05, 3.63) is 143 Å². The molecule has 1 aromatic heterocycles. The van der Waals surface area contributed by atoms with Crippen LogP contribution in [0.15, 0.2) is 121 Å². The highest BCUT2D eigenvalue weighted by molar-refractivity contribution is 7.20. The summed E-state index contributed by atoms with van der Waals surface area (Å²) in [6, 6.07) is 43.2. The average molecular weight is 570 g/mol. The van der Waals surface area contributed by atoms with Crippen LogP contribution in [0.25, 0.3) is 48.8 Å². The number of aryl methyl sites for hydroxylation is 1. The van der Waals surface area contributed by atoms with Gasteiger partial charge in [0.15, 0.2) is 0 Å². The second-order valence-corrected chi connectivity index (χ2v) is 13.5. The predicted octanol–water partition coefficient (Wildman–Crippen LogP) is 11.9. The van der Waals surface area contributed by atoms with Crippen LogP contribution in [-0.2, 0) is 11.8 Å². The minimum absolute atomic E-state index is 0.0677. The first kappa shape index (κ1) is 24.9. The molecule has 2 heteroatoms. The maximum Gasteiger partial charge on any atom is 0.0546 e. The summed E-state index contributed by atoms with van der Waals surface area (Å²) >= 11 is 1.92. The van der Waals surface area contributed by atoms with Gasteiger partial charge in [0.25, 0.3) is 0 Å². The zero-order valence-electron chi connectivity index (χ0n) is 24.4. The maximum absolute atomic E-state index is 2.51. The molecule has 0 atom stereocenters. The third-order valence-corrected chi connectivity index (χ3v) is 10.9. The molecule has 6 aromatic carbocycles. The number of fused-ring (bicyclic) bond motifs is 9. The third kappa shape index (κ3) is 3.63. The van der Waals surface area contributed by atoms with Crippen molar-refractivity contribution in [2.75, 3.05) is 4.90 Å². The van der Waals surface area contributed by atoms with Crippen molar-refractivity contribution in [3.8, 4) is 11.1 Å². The van der Waals surface area contributed by atoms with Crippen LogP contribution >= 0.6 is 11.3 Å². The number of anilines is 3. The van der Waals surface area contributed by atoms with E-state index in [1.54, 1.807) is 0 Å². The number of allylic oxidation sites excluding steroid dienone is 1. The van der Waals surface area contributed by atoms with Crippen molar-refractivity contribution in [1.29, 1.82) is 0 Å². The van der Waals surface area contributed by atoms with Gasteiger partial charge >= 0.3 is 0 Å². The lowest BCUT2D eigenvalue weighted by molar-refractivity contribution is 0.660. The highest BCUT2D eigenvalue weighted by Gasteiger charge is 2.36. The van der Waals surface area contributed by atoms with E-state index < -0.39 is 0 Å². The first-order chi connectivity index (χ1) is 21.1. The Kier molecular flexibility index (Phi) is 5.31. The molecule has 0 amide bonds. The molecular formula is C41H31NS. The molecule has 7 aromatic rings. The van der Waals surface area contributed by atoms with Crippen molar-refractivity contribution in [1.82, 2.24) is 0 Å². The van der Waals surface area contributed by atoms with Gasteiger partial charge < -0.3 is 4.90 Å². The number of thiophene rings is 1. The van der Waals surface area contributed by atoms with E-state index in [1.807, 2.05) is 11.3 Å². The van der Waals surface area contributed by atoms with E-state index in [2.05, 4.69) is 146 Å². The van der Waals surface area contributed by atoms with Gasteiger partial charge in [0, 0.05) is 31.8 Å². The van der Waals surface area contributed by atoms with Gasteiger partial charge in [-0.3, -0.25) is 0 Å². The van der Waals surface area contributed by atoms with Crippen molar-refractivity contribution < 1.29 is 0 Å². The highest BCUT2D eigenvalue weighted by atomic mass is 32.1. The second kappa shape index (κ2) is 9.17. The van der Waals surface area contributed by atoms with Gasteiger partial charge in [-0.05, 0) is 105 Å². The van der Waals surface area contributed by atoms with Crippen LogP contribution in [0.4, 0.5) is 17.1 Å². The Balaban J connectivity index is 1.34. The van der Waals surface area contributed by atoms with Crippen LogP contribution in [0.3, 0.4) is 0 Å². The molecule has 2 aliphatic carbocycles. The quantitative estimate of drug-likeness (QED) is 0.191. The molecule has 0 spiro atoms. The number of benzene rings is 6. The van der Waals surface area contributed by atoms with E-state index in [-0.39, 0.29) is 5.41 Å². The van der Waals surface area contributed by atoms with Crippen LogP contribution in [0.1, 0.15) is 41.8 Å². The SMILES string of the molecule is CC1(C)c2ccccc2-c2ccc(N(c3ccc4sc5c(c4c3)CCC=C5)c3cc4ccccc4c4ccccc34)cc21. The summed E-state index contributed by atoms with van der Waals surface area (Å²) in [5, 5.41) is 6.50. The van der Waals surface area contributed by atoms with E-state index in [1.165, 1.54) is 81.4 Å². The molecule has 0 saturated heterocycles. The lowest BCUT2D eigenvalue weighted by atomic mass is 9.82. The molecule has 0 unspecified atom stereocenters. The van der Waals surface area contributed by atoms with Gasteiger partial charge in [-0.25, -0.2) is 0 Å². The maximum atomic E-state index is 2.51. The van der Waals surface area contributed by atoms with Gasteiger partial charge in [-0.1, -0.05) is 98.8 Å². The average Bonchev–Trinajstić information content (AvgIpc) is 3.53. The molecule has 0 N–H and O–H groups in total. The standard InChI is InChI=1S/C41H31NS/c1-41(2)36-17-9-7-14-31(36)32-21-19-28(25-37(32)41)42(27-20-22-40-35(24-27)34-16-8-10-18-39(34)43-40)38-23-26-11-3-4-12-29(26)30-13-5-6-15-33(30)38/h3-7,9-15,17-25H,8,16H2,1-2H3. The number of rotatable bonds is 3. The van der Waals surface area contributed by atoms with E-state index in [0.717, 1.165) is 12.8 Å². The Labute approximate surface area is 256 Å². The van der Waals surface area contributed by atoms with Crippen molar-refractivity contribution in [2.45, 2.75) is 32.1 Å². The Morgan fingerprint density at radius 1 is 0.628 bits per heavy atom. The fraction of sp³-hybridized carbons (Fsp3) is 0.122. The first-order valence-corrected chi connectivity index (χ1v) is 16.1. The van der Waals surface area contributed by atoms with Crippen molar-refractivity contribution >= 4 is 66.1 Å². The second-order valence-electron chi connectivity index (χ2n) is 12.5. The van der Waals surface area contributed by atoms with Gasteiger partial charge in [-0.2, -0.15) is 0 Å².